The van der Waals surface area contributed by atoms with Crippen LogP contribution >= 0.6 is 0 Å². The Morgan fingerprint density at radius 1 is 1.00 bits per heavy atom. The van der Waals surface area contributed by atoms with E-state index in [2.05, 4.69) is 16.0 Å². The Hall–Kier alpha value is -2.12. The maximum Gasteiger partial charge on any atom is 0.344 e. The van der Waals surface area contributed by atoms with Gasteiger partial charge in [-0.05, 0) is 37.0 Å². The van der Waals surface area contributed by atoms with Crippen LogP contribution in [-0.2, 0) is 63.2 Å². The molecule has 0 aliphatic rings. The van der Waals surface area contributed by atoms with Crippen LogP contribution in [0.2, 0.25) is 0 Å². The van der Waals surface area contributed by atoms with E-state index in [-0.39, 0.29) is 99.6 Å². The molecule has 0 bridgehead atoms. The number of amides is 2. The van der Waals surface area contributed by atoms with E-state index in [4.69, 9.17) is 15.2 Å². The minimum atomic E-state index is -1.22. The minimum Gasteiger partial charge on any atom is -0.693 e. The third-order valence-corrected chi connectivity index (χ3v) is 5.57. The summed E-state index contributed by atoms with van der Waals surface area (Å²) in [5, 5.41) is 18.1. The van der Waals surface area contributed by atoms with Crippen LogP contribution in [-0.4, -0.2) is 59.6 Å². The molecule has 1 rings (SSSR count). The number of ether oxygens (including phenoxy) is 2. The van der Waals surface area contributed by atoms with Gasteiger partial charge in [0.1, 0.15) is 18.4 Å². The first-order valence-corrected chi connectivity index (χ1v) is 13.0. The molecule has 1 aromatic rings. The van der Waals surface area contributed by atoms with Crippen molar-refractivity contribution in [3.63, 3.8) is 0 Å². The number of nitrogens with one attached hydrogen (secondary N) is 4. The average molecular weight is 641 g/mol. The van der Waals surface area contributed by atoms with Gasteiger partial charge in [-0.25, -0.2) is 4.79 Å². The molecule has 12 nitrogen and oxygen atoms in total. The second kappa shape index (κ2) is 19.9. The molecule has 7 N–H and O–H groups in total. The van der Waals surface area contributed by atoms with E-state index < -0.39 is 30.1 Å². The van der Waals surface area contributed by atoms with E-state index in [0.29, 0.717) is 12.0 Å². The van der Waals surface area contributed by atoms with Gasteiger partial charge < -0.3 is 42.4 Å². The van der Waals surface area contributed by atoms with Gasteiger partial charge >= 0.3 is 11.9 Å². The van der Waals surface area contributed by atoms with Crippen LogP contribution in [0.3, 0.4) is 0 Å². The van der Waals surface area contributed by atoms with E-state index in [0.717, 1.165) is 0 Å². The molecule has 2 amide bonds. The zero-order valence-electron chi connectivity index (χ0n) is 24.6. The van der Waals surface area contributed by atoms with Crippen molar-refractivity contribution >= 4 is 29.4 Å². The van der Waals surface area contributed by atoms with E-state index in [1.54, 1.807) is 19.9 Å². The molecule has 1 radical (unpaired) electrons. The summed E-state index contributed by atoms with van der Waals surface area (Å²) < 4.78 is 10.8. The van der Waals surface area contributed by atoms with Crippen LogP contribution in [0, 0.1) is 11.8 Å². The molecule has 225 valence electrons. The third-order valence-electron chi connectivity index (χ3n) is 5.57. The Labute approximate surface area is 262 Å². The van der Waals surface area contributed by atoms with Gasteiger partial charge in [0, 0.05) is 38.8 Å². The molecule has 40 heavy (non-hydrogen) atoms. The number of hydrogen-bond acceptors (Lipinski definition) is 7. The smallest absolute Gasteiger partial charge is 0.344 e. The topological polar surface area (TPSA) is 200 Å². The number of carboxylic acids is 1. The van der Waals surface area contributed by atoms with Crippen LogP contribution in [0.15, 0.2) is 18.2 Å². The van der Waals surface area contributed by atoms with Crippen LogP contribution in [0.1, 0.15) is 66.9 Å². The molecule has 0 aliphatic heterocycles. The number of carboxylic acid groups (broad SMARTS) is 1. The number of hydrogen-bond donors (Lipinski definition) is 4. The van der Waals surface area contributed by atoms with E-state index in [9.17, 15) is 24.3 Å². The fourth-order valence-electron chi connectivity index (χ4n) is 3.41. The maximum absolute atomic E-state index is 13.3. The average Bonchev–Trinajstić information content (AvgIpc) is 2.83. The fourth-order valence-corrected chi connectivity index (χ4v) is 3.41. The molecule has 3 unspecified atom stereocenters. The summed E-state index contributed by atoms with van der Waals surface area (Å²) in [6.07, 6.45) is -0.577. The first-order chi connectivity index (χ1) is 17.8. The number of anilines is 1. The predicted molar refractivity (Wildman–Crippen MR) is 150 cm³/mol. The third kappa shape index (κ3) is 14.0. The van der Waals surface area contributed by atoms with Crippen LogP contribution in [0.25, 0.3) is 11.9 Å². The molecular formula is C27H45N5O7Y-2. The Bertz CT molecular complexity index is 959. The molecule has 1 aromatic carbocycles. The number of nitrogens with two attached hydrogens (primary N) is 1. The molecular weight excluding hydrogens is 595 g/mol. The number of aliphatic carboxylic acids is 1. The van der Waals surface area contributed by atoms with Crippen LogP contribution < -0.4 is 20.7 Å². The minimum absolute atomic E-state index is 0. The number of rotatable bonds is 16. The summed E-state index contributed by atoms with van der Waals surface area (Å²) in [6, 6.07) is 3.29. The number of carbonyl (C=O) groups excluding carboxylic acids is 3. The van der Waals surface area contributed by atoms with Crippen molar-refractivity contribution < 1.29 is 66.5 Å². The first kappa shape index (κ1) is 40.0. The molecule has 0 heterocycles. The standard InChI is InChI=1S/C27H43N4O7.H2N.Y/c1-15(2)23(29-17(5)6)25(33)31-21(9-8-12-28)24(32)30-20-11-10-19(14-37-27(36)16(3)4)13-22(20)38-18(7)26(34)35;;/h10-11,13,15-18,21,23,28-29H,8-9,12,14H2,1-7H3,(H,30,32)(H,31,33)(H,34,35);1H2;/q2*-1;. The first-order valence-electron chi connectivity index (χ1n) is 13.0. The van der Waals surface area contributed by atoms with Gasteiger partial charge in [0.15, 0.2) is 6.10 Å². The summed E-state index contributed by atoms with van der Waals surface area (Å²) in [5.74, 6) is -2.67. The van der Waals surface area contributed by atoms with Crippen molar-refractivity contribution in [3.8, 4) is 5.75 Å². The van der Waals surface area contributed by atoms with Crippen molar-refractivity contribution in [2.75, 3.05) is 11.9 Å². The van der Waals surface area contributed by atoms with Gasteiger partial charge in [0.2, 0.25) is 11.8 Å². The summed E-state index contributed by atoms with van der Waals surface area (Å²) >= 11 is 0. The molecule has 0 aliphatic carbocycles. The van der Waals surface area contributed by atoms with Crippen LogP contribution in [0.5, 0.6) is 5.75 Å². The molecule has 0 spiro atoms. The SMILES string of the molecule is CC(C)NC(C(=O)NC(CCC[NH-])C(=O)Nc1ccc(COC(=O)C(C)C)cc1OC(C)C(=O)O)C(C)C.[NH2-].[Y]. The summed E-state index contributed by atoms with van der Waals surface area (Å²) in [5.41, 5.74) is 8.23. The zero-order chi connectivity index (χ0) is 29.0. The molecule has 3 atom stereocenters. The van der Waals surface area contributed by atoms with Crippen molar-refractivity contribution in [2.24, 2.45) is 11.8 Å². The maximum atomic E-state index is 13.3. The number of esters is 1. The normalized spacial score (nSPS) is 13.0. The van der Waals surface area contributed by atoms with Gasteiger partial charge in [0.25, 0.3) is 0 Å². The van der Waals surface area contributed by atoms with Gasteiger partial charge in [-0.1, -0.05) is 54.0 Å². The van der Waals surface area contributed by atoms with Gasteiger partial charge in [-0.2, -0.15) is 6.54 Å². The van der Waals surface area contributed by atoms with Crippen molar-refractivity contribution in [1.29, 1.82) is 0 Å². The van der Waals surface area contributed by atoms with E-state index in [1.807, 2.05) is 27.7 Å². The van der Waals surface area contributed by atoms with Crippen LogP contribution in [0.4, 0.5) is 5.69 Å². The Morgan fingerprint density at radius 2 is 1.62 bits per heavy atom. The zero-order valence-corrected chi connectivity index (χ0v) is 27.4. The molecule has 0 fully saturated rings. The summed E-state index contributed by atoms with van der Waals surface area (Å²) in [7, 11) is 0. The van der Waals surface area contributed by atoms with Gasteiger partial charge in [-0.15, -0.1) is 0 Å². The number of benzene rings is 1. The van der Waals surface area contributed by atoms with Gasteiger partial charge in [-0.3, -0.25) is 14.4 Å². The molecule has 13 heteroatoms. The second-order valence-corrected chi connectivity index (χ2v) is 10.2. The quantitative estimate of drug-likeness (QED) is 0.192. The fraction of sp³-hybridized carbons (Fsp3) is 0.630. The molecule has 0 saturated carbocycles. The monoisotopic (exact) mass is 640 g/mol. The molecule has 0 saturated heterocycles. The Kier molecular flexibility index (Phi) is 19.9. The Balaban J connectivity index is 0. The largest absolute Gasteiger partial charge is 0.693 e. The van der Waals surface area contributed by atoms with Crippen molar-refractivity contribution in [1.82, 2.24) is 10.6 Å². The molecule has 0 aromatic heterocycles. The second-order valence-electron chi connectivity index (χ2n) is 10.2. The number of carbonyl (C=O) groups is 4. The van der Waals surface area contributed by atoms with E-state index >= 15 is 0 Å². The van der Waals surface area contributed by atoms with Gasteiger partial charge in [0.05, 0.1) is 17.6 Å². The van der Waals surface area contributed by atoms with Crippen molar-refractivity contribution in [3.05, 3.63) is 35.6 Å². The predicted octanol–water partition coefficient (Wildman–Crippen LogP) is 4.23. The summed E-state index contributed by atoms with van der Waals surface area (Å²) in [6.45, 7) is 12.5. The van der Waals surface area contributed by atoms with Crippen molar-refractivity contribution in [2.45, 2.75) is 92.1 Å². The Morgan fingerprint density at radius 3 is 2.12 bits per heavy atom. The summed E-state index contributed by atoms with van der Waals surface area (Å²) in [4.78, 5) is 49.5. The van der Waals surface area contributed by atoms with E-state index in [1.165, 1.54) is 19.1 Å².